The molecule has 2 rings (SSSR count). The van der Waals surface area contributed by atoms with Crippen molar-refractivity contribution >= 4 is 6.09 Å². The molecule has 1 amide bonds. The van der Waals surface area contributed by atoms with Gasteiger partial charge < -0.3 is 10.1 Å². The van der Waals surface area contributed by atoms with E-state index in [9.17, 15) is 4.79 Å². The van der Waals surface area contributed by atoms with Gasteiger partial charge >= 0.3 is 6.09 Å². The fourth-order valence-corrected chi connectivity index (χ4v) is 1.74. The van der Waals surface area contributed by atoms with Gasteiger partial charge in [0, 0.05) is 12.8 Å². The summed E-state index contributed by atoms with van der Waals surface area (Å²) in [6.45, 7) is 5.56. The standard InChI is InChI=1S/C8H12N2O2/c1-6-8(12-7(11)10-6)2-4-9-5-3-8/h9H,1-5H2,(H,10,11). The van der Waals surface area contributed by atoms with Crippen LogP contribution in [-0.4, -0.2) is 24.8 Å². The van der Waals surface area contributed by atoms with Crippen LogP contribution in [0.3, 0.4) is 0 Å². The first kappa shape index (κ1) is 7.61. The number of alkyl carbamates (subject to hydrolysis) is 1. The van der Waals surface area contributed by atoms with E-state index in [-0.39, 0.29) is 6.09 Å². The van der Waals surface area contributed by atoms with Crippen LogP contribution >= 0.6 is 0 Å². The Morgan fingerprint density at radius 3 is 2.58 bits per heavy atom. The Balaban J connectivity index is 2.18. The maximum Gasteiger partial charge on any atom is 0.412 e. The van der Waals surface area contributed by atoms with Gasteiger partial charge in [-0.05, 0) is 13.1 Å². The molecule has 2 saturated heterocycles. The Morgan fingerprint density at radius 2 is 2.08 bits per heavy atom. The molecule has 1 spiro atoms. The molecule has 66 valence electrons. The molecular weight excluding hydrogens is 156 g/mol. The molecule has 2 N–H and O–H groups in total. The van der Waals surface area contributed by atoms with Crippen molar-refractivity contribution in [3.8, 4) is 0 Å². The summed E-state index contributed by atoms with van der Waals surface area (Å²) < 4.78 is 5.21. The summed E-state index contributed by atoms with van der Waals surface area (Å²) in [4.78, 5) is 10.9. The Kier molecular flexibility index (Phi) is 1.58. The first-order chi connectivity index (χ1) is 5.73. The molecule has 0 bridgehead atoms. The van der Waals surface area contributed by atoms with Crippen molar-refractivity contribution in [3.63, 3.8) is 0 Å². The monoisotopic (exact) mass is 168 g/mol. The van der Waals surface area contributed by atoms with E-state index < -0.39 is 5.60 Å². The fraction of sp³-hybridized carbons (Fsp3) is 0.625. The first-order valence-corrected chi connectivity index (χ1v) is 4.13. The van der Waals surface area contributed by atoms with Gasteiger partial charge in [-0.25, -0.2) is 4.79 Å². The van der Waals surface area contributed by atoms with Crippen molar-refractivity contribution in [2.75, 3.05) is 13.1 Å². The third kappa shape index (κ3) is 0.992. The van der Waals surface area contributed by atoms with Crippen LogP contribution in [0.2, 0.25) is 0 Å². The van der Waals surface area contributed by atoms with Gasteiger partial charge in [0.25, 0.3) is 0 Å². The fourth-order valence-electron chi connectivity index (χ4n) is 1.74. The van der Waals surface area contributed by atoms with Gasteiger partial charge in [0.15, 0.2) is 5.60 Å². The molecule has 2 fully saturated rings. The number of hydrogen-bond acceptors (Lipinski definition) is 3. The predicted molar refractivity (Wildman–Crippen MR) is 43.6 cm³/mol. The third-order valence-corrected chi connectivity index (χ3v) is 2.50. The van der Waals surface area contributed by atoms with Crippen molar-refractivity contribution < 1.29 is 9.53 Å². The molecule has 0 radical (unpaired) electrons. The molecule has 0 aliphatic carbocycles. The largest absolute Gasteiger partial charge is 0.436 e. The van der Waals surface area contributed by atoms with E-state index in [0.29, 0.717) is 5.70 Å². The van der Waals surface area contributed by atoms with Gasteiger partial charge in [-0.2, -0.15) is 0 Å². The average Bonchev–Trinajstić information content (AvgIpc) is 2.29. The molecular formula is C8H12N2O2. The first-order valence-electron chi connectivity index (χ1n) is 4.13. The predicted octanol–water partition coefficient (Wildman–Crippen LogP) is 0.362. The number of hydrogen-bond donors (Lipinski definition) is 2. The molecule has 0 aromatic heterocycles. The van der Waals surface area contributed by atoms with Gasteiger partial charge in [0.2, 0.25) is 0 Å². The van der Waals surface area contributed by atoms with Crippen molar-refractivity contribution in [2.24, 2.45) is 0 Å². The highest BCUT2D eigenvalue weighted by Gasteiger charge is 2.44. The normalized spacial score (nSPS) is 27.0. The van der Waals surface area contributed by atoms with Gasteiger partial charge in [0.1, 0.15) is 0 Å². The van der Waals surface area contributed by atoms with E-state index in [1.54, 1.807) is 0 Å². The van der Waals surface area contributed by atoms with Crippen molar-refractivity contribution in [3.05, 3.63) is 12.3 Å². The lowest BCUT2D eigenvalue weighted by atomic mass is 9.90. The second-order valence-electron chi connectivity index (χ2n) is 3.24. The molecule has 0 aromatic carbocycles. The number of amides is 1. The van der Waals surface area contributed by atoms with Crippen LogP contribution in [0.15, 0.2) is 12.3 Å². The maximum atomic E-state index is 10.9. The van der Waals surface area contributed by atoms with Crippen LogP contribution in [0.25, 0.3) is 0 Å². The lowest BCUT2D eigenvalue weighted by Gasteiger charge is -2.31. The van der Waals surface area contributed by atoms with Crippen LogP contribution in [0.4, 0.5) is 4.79 Å². The molecule has 12 heavy (non-hydrogen) atoms. The molecule has 4 heteroatoms. The number of piperidine rings is 1. The zero-order chi connectivity index (χ0) is 8.60. The number of nitrogens with one attached hydrogen (secondary N) is 2. The van der Waals surface area contributed by atoms with Gasteiger partial charge in [0.05, 0.1) is 5.70 Å². The molecule has 2 aliphatic heterocycles. The maximum absolute atomic E-state index is 10.9. The van der Waals surface area contributed by atoms with E-state index in [1.807, 2.05) is 0 Å². The topological polar surface area (TPSA) is 50.4 Å². The van der Waals surface area contributed by atoms with E-state index in [0.717, 1.165) is 25.9 Å². The number of ether oxygens (including phenoxy) is 1. The highest BCUT2D eigenvalue weighted by atomic mass is 16.6. The molecule has 2 aliphatic rings. The molecule has 0 unspecified atom stereocenters. The summed E-state index contributed by atoms with van der Waals surface area (Å²) in [5.41, 5.74) is 0.302. The Labute approximate surface area is 71.0 Å². The lowest BCUT2D eigenvalue weighted by Crippen LogP contribution is -2.43. The highest BCUT2D eigenvalue weighted by molar-refractivity contribution is 5.74. The zero-order valence-electron chi connectivity index (χ0n) is 6.85. The molecule has 0 atom stereocenters. The minimum atomic E-state index is -0.414. The van der Waals surface area contributed by atoms with E-state index in [1.165, 1.54) is 0 Å². The summed E-state index contributed by atoms with van der Waals surface area (Å²) >= 11 is 0. The number of rotatable bonds is 0. The Morgan fingerprint density at radius 1 is 1.42 bits per heavy atom. The number of carbonyl (C=O) groups excluding carboxylic acids is 1. The van der Waals surface area contributed by atoms with Gasteiger partial charge in [-0.15, -0.1) is 0 Å². The smallest absolute Gasteiger partial charge is 0.412 e. The van der Waals surface area contributed by atoms with E-state index in [4.69, 9.17) is 4.74 Å². The lowest BCUT2D eigenvalue weighted by molar-refractivity contribution is 0.0464. The Hall–Kier alpha value is -1.03. The molecule has 2 heterocycles. The highest BCUT2D eigenvalue weighted by Crippen LogP contribution is 2.32. The summed E-state index contributed by atoms with van der Waals surface area (Å²) in [6.07, 6.45) is 1.29. The van der Waals surface area contributed by atoms with E-state index >= 15 is 0 Å². The quantitative estimate of drug-likeness (QED) is 0.549. The van der Waals surface area contributed by atoms with E-state index in [2.05, 4.69) is 17.2 Å². The van der Waals surface area contributed by atoms with Gasteiger partial charge in [-0.1, -0.05) is 6.58 Å². The molecule has 0 aromatic rings. The van der Waals surface area contributed by atoms with Crippen LogP contribution in [0.5, 0.6) is 0 Å². The Bertz CT molecular complexity index is 231. The average molecular weight is 168 g/mol. The minimum absolute atomic E-state index is 0.359. The third-order valence-electron chi connectivity index (χ3n) is 2.50. The van der Waals surface area contributed by atoms with Crippen molar-refractivity contribution in [2.45, 2.75) is 18.4 Å². The summed E-state index contributed by atoms with van der Waals surface area (Å²) in [6, 6.07) is 0. The van der Waals surface area contributed by atoms with Crippen LogP contribution in [0, 0.1) is 0 Å². The summed E-state index contributed by atoms with van der Waals surface area (Å²) in [7, 11) is 0. The molecule has 0 saturated carbocycles. The summed E-state index contributed by atoms with van der Waals surface area (Å²) in [5, 5.41) is 5.80. The van der Waals surface area contributed by atoms with Crippen molar-refractivity contribution in [1.29, 1.82) is 0 Å². The zero-order valence-corrected chi connectivity index (χ0v) is 6.85. The van der Waals surface area contributed by atoms with Crippen LogP contribution in [0.1, 0.15) is 12.8 Å². The van der Waals surface area contributed by atoms with Crippen molar-refractivity contribution in [1.82, 2.24) is 10.6 Å². The second kappa shape index (κ2) is 2.48. The van der Waals surface area contributed by atoms with Gasteiger partial charge in [-0.3, -0.25) is 5.32 Å². The van der Waals surface area contributed by atoms with Crippen LogP contribution in [-0.2, 0) is 4.74 Å². The summed E-state index contributed by atoms with van der Waals surface area (Å²) in [5.74, 6) is 0. The minimum Gasteiger partial charge on any atom is -0.436 e. The van der Waals surface area contributed by atoms with Crippen LogP contribution < -0.4 is 10.6 Å². The molecule has 4 nitrogen and oxygen atoms in total. The second-order valence-corrected chi connectivity index (χ2v) is 3.24. The SMILES string of the molecule is C=C1NC(=O)OC12CCNCC2. The number of carbonyl (C=O) groups is 1.